The van der Waals surface area contributed by atoms with Crippen molar-refractivity contribution < 1.29 is 18.9 Å². The molecule has 0 spiro atoms. The molecular formula is C33H48O4. The molecule has 2 fully saturated rings. The molecule has 4 rings (SSSR count). The molecule has 2 saturated heterocycles. The first-order valence-corrected chi connectivity index (χ1v) is 15.0. The second kappa shape index (κ2) is 16.2. The molecule has 2 aliphatic heterocycles. The minimum Gasteiger partial charge on any atom is -0.491 e. The summed E-state index contributed by atoms with van der Waals surface area (Å²) in [5.41, 5.74) is 4.17. The third kappa shape index (κ3) is 11.6. The standard InChI is InChI=1S/C33H48O4/c1-2-3-4-6-10-16-29(30-18-20-31(21-19-30)34-24-32-25-35-32)17-11-8-5-7-9-13-27-14-12-15-28(22-27)23-36-33-26-37-33/h12,14-15,18-22,29,32-33H,2-11,13,16-17,23-26H2,1H3. The predicted octanol–water partition coefficient (Wildman–Crippen LogP) is 8.36. The number of hydrogen-bond donors (Lipinski definition) is 0. The van der Waals surface area contributed by atoms with Crippen molar-refractivity contribution in [1.29, 1.82) is 0 Å². The van der Waals surface area contributed by atoms with Crippen molar-refractivity contribution in [2.75, 3.05) is 19.8 Å². The largest absolute Gasteiger partial charge is 0.491 e. The zero-order valence-corrected chi connectivity index (χ0v) is 23.0. The summed E-state index contributed by atoms with van der Waals surface area (Å²) in [6.45, 7) is 5.22. The molecule has 0 amide bonds. The number of ether oxygens (including phenoxy) is 4. The first-order chi connectivity index (χ1) is 18.3. The van der Waals surface area contributed by atoms with Crippen molar-refractivity contribution in [2.45, 2.75) is 115 Å². The van der Waals surface area contributed by atoms with Gasteiger partial charge in [-0.15, -0.1) is 0 Å². The van der Waals surface area contributed by atoms with Gasteiger partial charge >= 0.3 is 0 Å². The smallest absolute Gasteiger partial charge is 0.181 e. The molecule has 0 N–H and O–H groups in total. The molecule has 2 aliphatic rings. The summed E-state index contributed by atoms with van der Waals surface area (Å²) in [7, 11) is 0. The third-order valence-electron chi connectivity index (χ3n) is 7.59. The Bertz CT molecular complexity index is 872. The van der Waals surface area contributed by atoms with Gasteiger partial charge in [0.1, 0.15) is 25.1 Å². The number of benzene rings is 2. The van der Waals surface area contributed by atoms with E-state index in [1.807, 2.05) is 0 Å². The molecule has 0 saturated carbocycles. The van der Waals surface area contributed by atoms with E-state index in [0.29, 0.717) is 25.2 Å². The van der Waals surface area contributed by atoms with Crippen LogP contribution in [0.4, 0.5) is 0 Å². The fourth-order valence-corrected chi connectivity index (χ4v) is 5.11. The highest BCUT2D eigenvalue weighted by Crippen LogP contribution is 2.30. The first kappa shape index (κ1) is 28.1. The molecule has 3 unspecified atom stereocenters. The van der Waals surface area contributed by atoms with Gasteiger partial charge in [-0.1, -0.05) is 101 Å². The molecule has 204 valence electrons. The molecular weight excluding hydrogens is 460 g/mol. The molecule has 3 atom stereocenters. The van der Waals surface area contributed by atoms with Crippen LogP contribution in [0.2, 0.25) is 0 Å². The van der Waals surface area contributed by atoms with Gasteiger partial charge in [-0.25, -0.2) is 0 Å². The lowest BCUT2D eigenvalue weighted by Crippen LogP contribution is -2.04. The molecule has 37 heavy (non-hydrogen) atoms. The van der Waals surface area contributed by atoms with Gasteiger partial charge in [0.25, 0.3) is 0 Å². The maximum atomic E-state index is 5.85. The van der Waals surface area contributed by atoms with Crippen molar-refractivity contribution in [1.82, 2.24) is 0 Å². The molecule has 2 heterocycles. The van der Waals surface area contributed by atoms with E-state index in [-0.39, 0.29) is 6.29 Å². The van der Waals surface area contributed by atoms with Crippen molar-refractivity contribution in [2.24, 2.45) is 0 Å². The molecule has 0 radical (unpaired) electrons. The van der Waals surface area contributed by atoms with Crippen LogP contribution in [0.3, 0.4) is 0 Å². The van der Waals surface area contributed by atoms with Crippen LogP contribution in [-0.2, 0) is 27.2 Å². The lowest BCUT2D eigenvalue weighted by molar-refractivity contribution is 0.0385. The average molecular weight is 509 g/mol. The van der Waals surface area contributed by atoms with E-state index >= 15 is 0 Å². The fraction of sp³-hybridized carbons (Fsp3) is 0.636. The quantitative estimate of drug-likeness (QED) is 0.125. The Morgan fingerprint density at radius 1 is 0.784 bits per heavy atom. The highest BCUT2D eigenvalue weighted by molar-refractivity contribution is 5.29. The van der Waals surface area contributed by atoms with Gasteiger partial charge in [0.2, 0.25) is 0 Å². The van der Waals surface area contributed by atoms with Gasteiger partial charge in [0, 0.05) is 0 Å². The van der Waals surface area contributed by atoms with Crippen molar-refractivity contribution >= 4 is 0 Å². The van der Waals surface area contributed by atoms with E-state index < -0.39 is 0 Å². The van der Waals surface area contributed by atoms with Crippen LogP contribution in [0.5, 0.6) is 5.75 Å². The predicted molar refractivity (Wildman–Crippen MR) is 150 cm³/mol. The number of hydrogen-bond acceptors (Lipinski definition) is 4. The van der Waals surface area contributed by atoms with Crippen LogP contribution in [0.1, 0.15) is 107 Å². The molecule has 2 aromatic carbocycles. The third-order valence-corrected chi connectivity index (χ3v) is 7.59. The first-order valence-electron chi connectivity index (χ1n) is 15.0. The van der Waals surface area contributed by atoms with Crippen LogP contribution < -0.4 is 4.74 Å². The second-order valence-corrected chi connectivity index (χ2v) is 10.9. The highest BCUT2D eigenvalue weighted by atomic mass is 16.8. The summed E-state index contributed by atoms with van der Waals surface area (Å²) in [6.07, 6.45) is 17.5. The average Bonchev–Trinajstić information content (AvgIpc) is 3.85. The fourth-order valence-electron chi connectivity index (χ4n) is 5.11. The SMILES string of the molecule is CCCCCCCC(CCCCCCCc1cccc(COC2CO2)c1)c1ccc(OCC2CO2)cc1. The summed E-state index contributed by atoms with van der Waals surface area (Å²) in [5.74, 6) is 1.64. The van der Waals surface area contributed by atoms with Gasteiger partial charge in [-0.3, -0.25) is 0 Å². The molecule has 0 aliphatic carbocycles. The van der Waals surface area contributed by atoms with E-state index in [9.17, 15) is 0 Å². The Morgan fingerprint density at radius 3 is 2.16 bits per heavy atom. The maximum Gasteiger partial charge on any atom is 0.181 e. The van der Waals surface area contributed by atoms with Gasteiger partial charge < -0.3 is 18.9 Å². The van der Waals surface area contributed by atoms with Crippen LogP contribution in [0.25, 0.3) is 0 Å². The zero-order valence-electron chi connectivity index (χ0n) is 23.0. The van der Waals surface area contributed by atoms with E-state index in [4.69, 9.17) is 18.9 Å². The Kier molecular flexibility index (Phi) is 12.3. The molecule has 2 aromatic rings. The molecule has 4 heteroatoms. The number of rotatable bonds is 21. The molecule has 0 aromatic heterocycles. The number of unbranched alkanes of at least 4 members (excludes halogenated alkanes) is 8. The number of aryl methyl sites for hydroxylation is 1. The number of epoxide rings is 2. The minimum atomic E-state index is 0.0326. The van der Waals surface area contributed by atoms with E-state index in [1.165, 1.54) is 93.7 Å². The highest BCUT2D eigenvalue weighted by Gasteiger charge is 2.23. The van der Waals surface area contributed by atoms with Crippen LogP contribution in [0, 0.1) is 0 Å². The van der Waals surface area contributed by atoms with Crippen LogP contribution in [-0.4, -0.2) is 32.2 Å². The summed E-state index contributed by atoms with van der Waals surface area (Å²) in [6, 6.07) is 17.8. The van der Waals surface area contributed by atoms with Crippen molar-refractivity contribution in [3.63, 3.8) is 0 Å². The molecule has 4 nitrogen and oxygen atoms in total. The van der Waals surface area contributed by atoms with Crippen LogP contribution >= 0.6 is 0 Å². The Morgan fingerprint density at radius 2 is 1.46 bits per heavy atom. The van der Waals surface area contributed by atoms with Crippen molar-refractivity contribution in [3.05, 3.63) is 65.2 Å². The summed E-state index contributed by atoms with van der Waals surface area (Å²) in [5, 5.41) is 0. The van der Waals surface area contributed by atoms with E-state index in [1.54, 1.807) is 0 Å². The summed E-state index contributed by atoms with van der Waals surface area (Å²) >= 11 is 0. The van der Waals surface area contributed by atoms with Gasteiger partial charge in [0.15, 0.2) is 6.29 Å². The van der Waals surface area contributed by atoms with E-state index in [2.05, 4.69) is 55.5 Å². The zero-order chi connectivity index (χ0) is 25.5. The summed E-state index contributed by atoms with van der Waals surface area (Å²) < 4.78 is 21.9. The lowest BCUT2D eigenvalue weighted by atomic mass is 9.88. The summed E-state index contributed by atoms with van der Waals surface area (Å²) in [4.78, 5) is 0. The van der Waals surface area contributed by atoms with Gasteiger partial charge in [-0.05, 0) is 60.4 Å². The Hall–Kier alpha value is -1.88. The van der Waals surface area contributed by atoms with Gasteiger partial charge in [0.05, 0.1) is 13.2 Å². The lowest BCUT2D eigenvalue weighted by Gasteiger charge is -2.18. The second-order valence-electron chi connectivity index (χ2n) is 10.9. The minimum absolute atomic E-state index is 0.0326. The van der Waals surface area contributed by atoms with Gasteiger partial charge in [-0.2, -0.15) is 0 Å². The Balaban J connectivity index is 1.13. The van der Waals surface area contributed by atoms with Crippen molar-refractivity contribution in [3.8, 4) is 5.75 Å². The Labute approximate surface area is 225 Å². The topological polar surface area (TPSA) is 43.5 Å². The van der Waals surface area contributed by atoms with E-state index in [0.717, 1.165) is 25.4 Å². The van der Waals surface area contributed by atoms with Crippen LogP contribution in [0.15, 0.2) is 48.5 Å². The normalized spacial score (nSPS) is 19.1. The molecule has 0 bridgehead atoms. The maximum absolute atomic E-state index is 5.85. The monoisotopic (exact) mass is 508 g/mol.